The fourth-order valence-corrected chi connectivity index (χ4v) is 2.87. The van der Waals surface area contributed by atoms with Crippen molar-refractivity contribution in [3.63, 3.8) is 0 Å². The highest BCUT2D eigenvalue weighted by Crippen LogP contribution is 2.35. The molecular formula is C18H23F3N2O3. The molecule has 1 aromatic rings. The predicted octanol–water partition coefficient (Wildman–Crippen LogP) is 2.85. The summed E-state index contributed by atoms with van der Waals surface area (Å²) in [7, 11) is 0. The van der Waals surface area contributed by atoms with Crippen LogP contribution in [0.5, 0.6) is 5.75 Å². The Morgan fingerprint density at radius 1 is 1.31 bits per heavy atom. The second-order valence-corrected chi connectivity index (χ2v) is 6.25. The van der Waals surface area contributed by atoms with Gasteiger partial charge in [-0.2, -0.15) is 13.2 Å². The SMILES string of the molecule is CCCNC(=O)[C@@H]1CCCN(C(=O)COc2ccccc2C(F)(F)F)C1. The molecule has 0 aliphatic carbocycles. The maximum atomic E-state index is 12.9. The van der Waals surface area contributed by atoms with Crippen LogP contribution in [0, 0.1) is 5.92 Å². The standard InChI is InChI=1S/C18H23F3N2O3/c1-2-9-22-17(25)13-6-5-10-23(11-13)16(24)12-26-15-8-4-3-7-14(15)18(19,20)21/h3-4,7-8,13H,2,5-6,9-12H2,1H3,(H,22,25)/t13-/m1/s1. The number of amides is 2. The van der Waals surface area contributed by atoms with E-state index in [0.29, 0.717) is 25.9 Å². The van der Waals surface area contributed by atoms with Gasteiger partial charge in [0, 0.05) is 19.6 Å². The van der Waals surface area contributed by atoms with E-state index in [1.165, 1.54) is 23.1 Å². The average Bonchev–Trinajstić information content (AvgIpc) is 2.63. The monoisotopic (exact) mass is 372 g/mol. The van der Waals surface area contributed by atoms with Gasteiger partial charge in [0.15, 0.2) is 6.61 Å². The first kappa shape index (κ1) is 20.1. The Labute approximate surface area is 150 Å². The molecule has 1 aromatic carbocycles. The fourth-order valence-electron chi connectivity index (χ4n) is 2.87. The molecule has 5 nitrogen and oxygen atoms in total. The van der Waals surface area contributed by atoms with Gasteiger partial charge in [0.1, 0.15) is 5.75 Å². The highest BCUT2D eigenvalue weighted by Gasteiger charge is 2.34. The quantitative estimate of drug-likeness (QED) is 0.835. The minimum atomic E-state index is -4.55. The number of benzene rings is 1. The number of hydrogen-bond acceptors (Lipinski definition) is 3. The van der Waals surface area contributed by atoms with Crippen molar-refractivity contribution in [2.75, 3.05) is 26.2 Å². The molecule has 1 fully saturated rings. The van der Waals surface area contributed by atoms with Crippen LogP contribution in [0.3, 0.4) is 0 Å². The molecule has 1 aliphatic heterocycles. The van der Waals surface area contributed by atoms with Crippen molar-refractivity contribution in [3.05, 3.63) is 29.8 Å². The van der Waals surface area contributed by atoms with E-state index < -0.39 is 24.3 Å². The van der Waals surface area contributed by atoms with E-state index in [9.17, 15) is 22.8 Å². The van der Waals surface area contributed by atoms with Crippen molar-refractivity contribution in [1.82, 2.24) is 10.2 Å². The number of carbonyl (C=O) groups is 2. The number of alkyl halides is 3. The van der Waals surface area contributed by atoms with Gasteiger partial charge in [0.2, 0.25) is 5.91 Å². The van der Waals surface area contributed by atoms with Gasteiger partial charge in [-0.05, 0) is 31.4 Å². The number of rotatable bonds is 6. The molecule has 0 unspecified atom stereocenters. The van der Waals surface area contributed by atoms with Crippen molar-refractivity contribution in [3.8, 4) is 5.75 Å². The van der Waals surface area contributed by atoms with Gasteiger partial charge < -0.3 is 15.0 Å². The Morgan fingerprint density at radius 3 is 2.73 bits per heavy atom. The second-order valence-electron chi connectivity index (χ2n) is 6.25. The molecule has 144 valence electrons. The van der Waals surface area contributed by atoms with E-state index in [0.717, 1.165) is 12.5 Å². The summed E-state index contributed by atoms with van der Waals surface area (Å²) in [6.07, 6.45) is -2.35. The second kappa shape index (κ2) is 8.91. The summed E-state index contributed by atoms with van der Waals surface area (Å²) in [6, 6.07) is 4.79. The first-order chi connectivity index (χ1) is 12.3. The van der Waals surface area contributed by atoms with Crippen LogP contribution in [0.15, 0.2) is 24.3 Å². The maximum absolute atomic E-state index is 12.9. The zero-order chi connectivity index (χ0) is 19.2. The molecule has 0 aromatic heterocycles. The summed E-state index contributed by atoms with van der Waals surface area (Å²) >= 11 is 0. The average molecular weight is 372 g/mol. The Morgan fingerprint density at radius 2 is 2.04 bits per heavy atom. The molecule has 1 heterocycles. The molecule has 0 bridgehead atoms. The van der Waals surface area contributed by atoms with Crippen molar-refractivity contribution < 1.29 is 27.5 Å². The number of carbonyl (C=O) groups excluding carboxylic acids is 2. The Hall–Kier alpha value is -2.25. The zero-order valence-corrected chi connectivity index (χ0v) is 14.6. The third kappa shape index (κ3) is 5.37. The molecule has 2 rings (SSSR count). The van der Waals surface area contributed by atoms with Crippen LogP contribution in [0.25, 0.3) is 0 Å². The van der Waals surface area contributed by atoms with Crippen molar-refractivity contribution in [2.24, 2.45) is 5.92 Å². The predicted molar refractivity (Wildman–Crippen MR) is 89.5 cm³/mol. The van der Waals surface area contributed by atoms with Crippen LogP contribution in [-0.2, 0) is 15.8 Å². The lowest BCUT2D eigenvalue weighted by atomic mass is 9.97. The van der Waals surface area contributed by atoms with Gasteiger partial charge >= 0.3 is 6.18 Å². The third-order valence-electron chi connectivity index (χ3n) is 4.24. The number of halogens is 3. The van der Waals surface area contributed by atoms with Gasteiger partial charge in [0.25, 0.3) is 5.91 Å². The molecule has 26 heavy (non-hydrogen) atoms. The van der Waals surface area contributed by atoms with E-state index in [4.69, 9.17) is 4.74 Å². The number of piperidine rings is 1. The highest BCUT2D eigenvalue weighted by atomic mass is 19.4. The summed E-state index contributed by atoms with van der Waals surface area (Å²) in [6.45, 7) is 2.78. The van der Waals surface area contributed by atoms with Crippen LogP contribution in [0.2, 0.25) is 0 Å². The lowest BCUT2D eigenvalue weighted by Crippen LogP contribution is -2.47. The van der Waals surface area contributed by atoms with Gasteiger partial charge in [0.05, 0.1) is 11.5 Å². The highest BCUT2D eigenvalue weighted by molar-refractivity contribution is 5.82. The molecule has 1 N–H and O–H groups in total. The number of hydrogen-bond donors (Lipinski definition) is 1. The third-order valence-corrected chi connectivity index (χ3v) is 4.24. The normalized spacial score (nSPS) is 17.7. The molecule has 1 saturated heterocycles. The van der Waals surface area contributed by atoms with Crippen LogP contribution >= 0.6 is 0 Å². The van der Waals surface area contributed by atoms with Crippen molar-refractivity contribution in [1.29, 1.82) is 0 Å². The first-order valence-electron chi connectivity index (χ1n) is 8.67. The largest absolute Gasteiger partial charge is 0.483 e. The Balaban J connectivity index is 1.93. The maximum Gasteiger partial charge on any atom is 0.419 e. The number of likely N-dealkylation sites (tertiary alicyclic amines) is 1. The molecule has 0 saturated carbocycles. The smallest absolute Gasteiger partial charge is 0.419 e. The fraction of sp³-hybridized carbons (Fsp3) is 0.556. The number of para-hydroxylation sites is 1. The van der Waals surface area contributed by atoms with E-state index in [-0.39, 0.29) is 24.1 Å². The summed E-state index contributed by atoms with van der Waals surface area (Å²) in [5.41, 5.74) is -0.914. The van der Waals surface area contributed by atoms with Gasteiger partial charge in [-0.1, -0.05) is 19.1 Å². The lowest BCUT2D eigenvalue weighted by molar-refractivity contribution is -0.142. The first-order valence-corrected chi connectivity index (χ1v) is 8.67. The molecule has 0 spiro atoms. The number of ether oxygens (including phenoxy) is 1. The summed E-state index contributed by atoms with van der Waals surface area (Å²) < 4.78 is 44.0. The lowest BCUT2D eigenvalue weighted by Gasteiger charge is -2.32. The summed E-state index contributed by atoms with van der Waals surface area (Å²) in [5.74, 6) is -1.17. The number of nitrogens with one attached hydrogen (secondary N) is 1. The van der Waals surface area contributed by atoms with Crippen molar-refractivity contribution >= 4 is 11.8 Å². The minimum absolute atomic E-state index is 0.0901. The zero-order valence-electron chi connectivity index (χ0n) is 14.6. The Bertz CT molecular complexity index is 634. The minimum Gasteiger partial charge on any atom is -0.483 e. The van der Waals surface area contributed by atoms with Crippen LogP contribution in [0.1, 0.15) is 31.7 Å². The van der Waals surface area contributed by atoms with E-state index in [2.05, 4.69) is 5.32 Å². The van der Waals surface area contributed by atoms with Crippen LogP contribution in [0.4, 0.5) is 13.2 Å². The summed E-state index contributed by atoms with van der Waals surface area (Å²) in [5, 5.41) is 2.81. The van der Waals surface area contributed by atoms with E-state index in [1.807, 2.05) is 6.92 Å². The topological polar surface area (TPSA) is 58.6 Å². The van der Waals surface area contributed by atoms with Gasteiger partial charge in [-0.15, -0.1) is 0 Å². The van der Waals surface area contributed by atoms with E-state index >= 15 is 0 Å². The van der Waals surface area contributed by atoms with Crippen LogP contribution < -0.4 is 10.1 Å². The molecular weight excluding hydrogens is 349 g/mol. The van der Waals surface area contributed by atoms with E-state index in [1.54, 1.807) is 0 Å². The molecule has 0 radical (unpaired) electrons. The van der Waals surface area contributed by atoms with Crippen molar-refractivity contribution in [2.45, 2.75) is 32.4 Å². The van der Waals surface area contributed by atoms with Crippen LogP contribution in [-0.4, -0.2) is 43.0 Å². The molecule has 1 aliphatic rings. The number of nitrogens with zero attached hydrogens (tertiary/aromatic N) is 1. The van der Waals surface area contributed by atoms with Gasteiger partial charge in [-0.3, -0.25) is 9.59 Å². The molecule has 1 atom stereocenters. The molecule has 8 heteroatoms. The molecule has 2 amide bonds. The Kier molecular flexibility index (Phi) is 6.88. The van der Waals surface area contributed by atoms with Gasteiger partial charge in [-0.25, -0.2) is 0 Å². The summed E-state index contributed by atoms with van der Waals surface area (Å²) in [4.78, 5) is 25.8.